The second-order valence-corrected chi connectivity index (χ2v) is 5.19. The molecule has 0 unspecified atom stereocenters. The van der Waals surface area contributed by atoms with Gasteiger partial charge in [0.15, 0.2) is 0 Å². The van der Waals surface area contributed by atoms with Crippen molar-refractivity contribution in [2.75, 3.05) is 19.0 Å². The number of methoxy groups -OCH3 is 1. The average molecular weight is 306 g/mol. The van der Waals surface area contributed by atoms with Gasteiger partial charge in [0.1, 0.15) is 12.3 Å². The molecule has 1 aromatic rings. The first-order chi connectivity index (χ1) is 10.0. The summed E-state index contributed by atoms with van der Waals surface area (Å²) in [6.45, 7) is 1.37. The monoisotopic (exact) mass is 306 g/mol. The molecular formula is C14H14N2O4S. The molecule has 0 radical (unpaired) electrons. The van der Waals surface area contributed by atoms with Gasteiger partial charge in [0, 0.05) is 11.8 Å². The third-order valence-electron chi connectivity index (χ3n) is 2.79. The topological polar surface area (TPSA) is 75.7 Å². The van der Waals surface area contributed by atoms with Crippen molar-refractivity contribution < 1.29 is 19.1 Å². The zero-order valence-corrected chi connectivity index (χ0v) is 12.4. The number of ether oxygens (including phenoxy) is 1. The minimum Gasteiger partial charge on any atom is -0.497 e. The van der Waals surface area contributed by atoms with E-state index in [1.54, 1.807) is 37.3 Å². The Morgan fingerprint density at radius 1 is 1.43 bits per heavy atom. The lowest BCUT2D eigenvalue weighted by atomic mass is 10.3. The quantitative estimate of drug-likeness (QED) is 0.863. The van der Waals surface area contributed by atoms with Crippen LogP contribution < -0.4 is 10.1 Å². The third-order valence-corrected chi connectivity index (χ3v) is 3.82. The predicted octanol–water partition coefficient (Wildman–Crippen LogP) is 2.23. The zero-order chi connectivity index (χ0) is 15.4. The number of nitrogens with one attached hydrogen (secondary N) is 1. The molecule has 0 spiro atoms. The summed E-state index contributed by atoms with van der Waals surface area (Å²) in [5.74, 6) is -0.274. The Labute approximate surface area is 126 Å². The van der Waals surface area contributed by atoms with Crippen molar-refractivity contribution in [1.29, 1.82) is 0 Å². The highest BCUT2D eigenvalue weighted by molar-refractivity contribution is 8.18. The fourth-order valence-corrected chi connectivity index (χ4v) is 2.53. The van der Waals surface area contributed by atoms with Crippen LogP contribution in [0.5, 0.6) is 5.75 Å². The number of carbonyl (C=O) groups excluding carboxylic acids is 3. The Bertz CT molecular complexity index is 627. The Kier molecular flexibility index (Phi) is 4.64. The first kappa shape index (κ1) is 15.1. The lowest BCUT2D eigenvalue weighted by molar-refractivity contribution is -0.127. The van der Waals surface area contributed by atoms with Gasteiger partial charge >= 0.3 is 0 Å². The van der Waals surface area contributed by atoms with E-state index in [-0.39, 0.29) is 6.54 Å². The predicted molar refractivity (Wildman–Crippen MR) is 80.1 cm³/mol. The van der Waals surface area contributed by atoms with E-state index in [2.05, 4.69) is 5.32 Å². The lowest BCUT2D eigenvalue weighted by Crippen LogP contribution is -2.36. The molecule has 1 saturated heterocycles. The number of allylic oxidation sites excluding steroid dienone is 1. The Balaban J connectivity index is 2.02. The van der Waals surface area contributed by atoms with Gasteiger partial charge in [-0.25, -0.2) is 0 Å². The van der Waals surface area contributed by atoms with Crippen LogP contribution in [0.1, 0.15) is 6.92 Å². The van der Waals surface area contributed by atoms with Crippen LogP contribution in [-0.4, -0.2) is 35.6 Å². The van der Waals surface area contributed by atoms with Gasteiger partial charge in [0.25, 0.3) is 11.1 Å². The fourth-order valence-electron chi connectivity index (χ4n) is 1.77. The van der Waals surface area contributed by atoms with E-state index >= 15 is 0 Å². The average Bonchev–Trinajstić information content (AvgIpc) is 2.74. The van der Waals surface area contributed by atoms with E-state index < -0.39 is 17.1 Å². The molecule has 2 rings (SSSR count). The molecule has 6 nitrogen and oxygen atoms in total. The molecular weight excluding hydrogens is 292 g/mol. The number of anilines is 1. The molecule has 1 heterocycles. The minimum absolute atomic E-state index is 0.306. The SMILES string of the molecule is C/C=C1\SC(=O)N(CC(=O)Nc2cccc(OC)c2)C1=O. The minimum atomic E-state index is -0.442. The molecule has 1 aliphatic heterocycles. The number of thioether (sulfide) groups is 1. The van der Waals surface area contributed by atoms with Crippen molar-refractivity contribution in [3.05, 3.63) is 35.2 Å². The van der Waals surface area contributed by atoms with Crippen molar-refractivity contribution in [2.24, 2.45) is 0 Å². The highest BCUT2D eigenvalue weighted by Gasteiger charge is 2.35. The molecule has 110 valence electrons. The molecule has 1 aromatic carbocycles. The van der Waals surface area contributed by atoms with E-state index in [0.717, 1.165) is 16.7 Å². The maximum atomic E-state index is 11.9. The highest BCUT2D eigenvalue weighted by Crippen LogP contribution is 2.30. The lowest BCUT2D eigenvalue weighted by Gasteiger charge is -2.12. The van der Waals surface area contributed by atoms with Crippen LogP contribution in [0.3, 0.4) is 0 Å². The van der Waals surface area contributed by atoms with Gasteiger partial charge in [-0.05, 0) is 30.8 Å². The van der Waals surface area contributed by atoms with Crippen LogP contribution in [0.2, 0.25) is 0 Å². The Morgan fingerprint density at radius 2 is 2.19 bits per heavy atom. The summed E-state index contributed by atoms with van der Waals surface area (Å²) < 4.78 is 5.05. The molecule has 0 bridgehead atoms. The number of amides is 3. The molecule has 21 heavy (non-hydrogen) atoms. The number of rotatable bonds is 4. The second-order valence-electron chi connectivity index (χ2n) is 4.19. The van der Waals surface area contributed by atoms with E-state index in [0.29, 0.717) is 16.3 Å². The number of carbonyl (C=O) groups is 3. The van der Waals surface area contributed by atoms with Crippen LogP contribution in [0.4, 0.5) is 10.5 Å². The van der Waals surface area contributed by atoms with Crippen LogP contribution in [0.15, 0.2) is 35.2 Å². The largest absolute Gasteiger partial charge is 0.497 e. The molecule has 0 saturated carbocycles. The summed E-state index contributed by atoms with van der Waals surface area (Å²) in [7, 11) is 1.53. The highest BCUT2D eigenvalue weighted by atomic mass is 32.2. The second kappa shape index (κ2) is 6.45. The van der Waals surface area contributed by atoms with Crippen molar-refractivity contribution >= 4 is 34.5 Å². The molecule has 0 aromatic heterocycles. The maximum Gasteiger partial charge on any atom is 0.294 e. The van der Waals surface area contributed by atoms with Crippen molar-refractivity contribution in [2.45, 2.75) is 6.92 Å². The van der Waals surface area contributed by atoms with Crippen molar-refractivity contribution in [3.8, 4) is 5.75 Å². The molecule has 1 N–H and O–H groups in total. The fraction of sp³-hybridized carbons (Fsp3) is 0.214. The number of hydrogen-bond donors (Lipinski definition) is 1. The summed E-state index contributed by atoms with van der Waals surface area (Å²) in [6.07, 6.45) is 1.56. The van der Waals surface area contributed by atoms with Crippen molar-refractivity contribution in [1.82, 2.24) is 4.90 Å². The van der Waals surface area contributed by atoms with E-state index in [4.69, 9.17) is 4.74 Å². The first-order valence-corrected chi connectivity index (χ1v) is 7.00. The van der Waals surface area contributed by atoms with Crippen LogP contribution in [0, 0.1) is 0 Å². The Hall–Kier alpha value is -2.28. The Morgan fingerprint density at radius 3 is 2.81 bits per heavy atom. The maximum absolute atomic E-state index is 11.9. The summed E-state index contributed by atoms with van der Waals surface area (Å²) in [5.41, 5.74) is 0.539. The van der Waals surface area contributed by atoms with Crippen LogP contribution in [0.25, 0.3) is 0 Å². The number of nitrogens with zero attached hydrogens (tertiary/aromatic N) is 1. The summed E-state index contributed by atoms with van der Waals surface area (Å²) in [6, 6.07) is 6.82. The smallest absolute Gasteiger partial charge is 0.294 e. The van der Waals surface area contributed by atoms with Gasteiger partial charge in [-0.15, -0.1) is 0 Å². The van der Waals surface area contributed by atoms with Gasteiger partial charge in [-0.3, -0.25) is 19.3 Å². The van der Waals surface area contributed by atoms with E-state index in [1.165, 1.54) is 7.11 Å². The summed E-state index contributed by atoms with van der Waals surface area (Å²) in [4.78, 5) is 36.7. The van der Waals surface area contributed by atoms with Gasteiger partial charge in [-0.2, -0.15) is 0 Å². The molecule has 7 heteroatoms. The van der Waals surface area contributed by atoms with E-state index in [9.17, 15) is 14.4 Å². The molecule has 1 aliphatic rings. The normalized spacial score (nSPS) is 16.5. The molecule has 0 atom stereocenters. The summed E-state index contributed by atoms with van der Waals surface area (Å²) in [5, 5.41) is 2.19. The number of imide groups is 1. The van der Waals surface area contributed by atoms with Crippen LogP contribution in [-0.2, 0) is 9.59 Å². The first-order valence-electron chi connectivity index (χ1n) is 6.19. The molecule has 3 amide bonds. The molecule has 0 aliphatic carbocycles. The van der Waals surface area contributed by atoms with Crippen molar-refractivity contribution in [3.63, 3.8) is 0 Å². The standard InChI is InChI=1S/C14H14N2O4S/c1-3-11-13(18)16(14(19)21-11)8-12(17)15-9-5-4-6-10(7-9)20-2/h3-7H,8H2,1-2H3,(H,15,17)/b11-3-. The molecule has 1 fully saturated rings. The van der Waals surface area contributed by atoms with Crippen LogP contribution >= 0.6 is 11.8 Å². The van der Waals surface area contributed by atoms with Gasteiger partial charge in [-0.1, -0.05) is 12.1 Å². The number of benzene rings is 1. The van der Waals surface area contributed by atoms with Gasteiger partial charge in [0.2, 0.25) is 5.91 Å². The third kappa shape index (κ3) is 3.43. The van der Waals surface area contributed by atoms with E-state index in [1.807, 2.05) is 0 Å². The van der Waals surface area contributed by atoms with Gasteiger partial charge in [0.05, 0.1) is 12.0 Å². The zero-order valence-electron chi connectivity index (χ0n) is 11.6. The van der Waals surface area contributed by atoms with Gasteiger partial charge < -0.3 is 10.1 Å². The summed E-state index contributed by atoms with van der Waals surface area (Å²) >= 11 is 0.835. The number of hydrogen-bond acceptors (Lipinski definition) is 5.